The summed E-state index contributed by atoms with van der Waals surface area (Å²) in [7, 11) is 1.37. The van der Waals surface area contributed by atoms with Crippen molar-refractivity contribution in [1.29, 1.82) is 5.26 Å². The zero-order chi connectivity index (χ0) is 28.9. The molecule has 3 fully saturated rings. The second-order valence-corrected chi connectivity index (χ2v) is 13.0. The van der Waals surface area contributed by atoms with Crippen molar-refractivity contribution in [2.24, 2.45) is 5.92 Å². The lowest BCUT2D eigenvalue weighted by atomic mass is 9.79. The first kappa shape index (κ1) is 28.7. The van der Waals surface area contributed by atoms with Crippen LogP contribution in [0.2, 0.25) is 0 Å². The van der Waals surface area contributed by atoms with E-state index < -0.39 is 11.4 Å². The van der Waals surface area contributed by atoms with E-state index in [0.717, 1.165) is 23.0 Å². The van der Waals surface area contributed by atoms with Crippen molar-refractivity contribution in [3.63, 3.8) is 0 Å². The Hall–Kier alpha value is -2.84. The molecule has 3 atom stereocenters. The number of hydrogen-bond donors (Lipinski definition) is 0. The molecule has 11 heteroatoms. The number of ether oxygens (including phenoxy) is 2. The highest BCUT2D eigenvalue weighted by atomic mass is 79.9. The lowest BCUT2D eigenvalue weighted by molar-refractivity contribution is -0.140. The molecule has 1 amide bonds. The average Bonchev–Trinajstić information content (AvgIpc) is 3.60. The second-order valence-electron chi connectivity index (χ2n) is 11.4. The van der Waals surface area contributed by atoms with Gasteiger partial charge in [0, 0.05) is 35.3 Å². The maximum Gasteiger partial charge on any atom is 0.410 e. The molecule has 40 heavy (non-hydrogen) atoms. The number of carbonyl (C=O) groups excluding carboxylic acids is 2. The minimum atomic E-state index is -0.606. The monoisotopic (exact) mass is 630 g/mol. The van der Waals surface area contributed by atoms with E-state index in [-0.39, 0.29) is 48.4 Å². The van der Waals surface area contributed by atoms with E-state index in [1.807, 2.05) is 44.1 Å². The van der Waals surface area contributed by atoms with Crippen LogP contribution < -0.4 is 0 Å². The number of esters is 1. The van der Waals surface area contributed by atoms with Gasteiger partial charge in [0.1, 0.15) is 16.1 Å². The minimum absolute atomic E-state index is 0.0489. The first-order chi connectivity index (χ1) is 19.0. The number of thioether (sulfide) groups is 1. The minimum Gasteiger partial charge on any atom is -0.469 e. The summed E-state index contributed by atoms with van der Waals surface area (Å²) >= 11 is 4.83. The van der Waals surface area contributed by atoms with Crippen molar-refractivity contribution in [3.05, 3.63) is 33.7 Å². The number of hydrogen-bond acceptors (Lipinski definition) is 7. The zero-order valence-corrected chi connectivity index (χ0v) is 25.6. The van der Waals surface area contributed by atoms with Crippen molar-refractivity contribution in [3.8, 4) is 6.07 Å². The number of rotatable bonds is 7. The summed E-state index contributed by atoms with van der Waals surface area (Å²) in [5.74, 6) is -0.576. The maximum absolute atomic E-state index is 15.8. The first-order valence-corrected chi connectivity index (χ1v) is 15.3. The topological polar surface area (TPSA) is 97.5 Å². The lowest BCUT2D eigenvalue weighted by Crippen LogP contribution is -2.44. The molecule has 0 unspecified atom stereocenters. The predicted octanol–water partition coefficient (Wildman–Crippen LogP) is 6.56. The third kappa shape index (κ3) is 4.94. The normalized spacial score (nSPS) is 20.1. The molecule has 0 N–H and O–H groups in total. The molecule has 212 valence electrons. The summed E-state index contributed by atoms with van der Waals surface area (Å²) < 4.78 is 29.0. The summed E-state index contributed by atoms with van der Waals surface area (Å²) in [6.45, 7) is 6.14. The smallest absolute Gasteiger partial charge is 0.410 e. The summed E-state index contributed by atoms with van der Waals surface area (Å²) in [6.07, 6.45) is 3.70. The number of methoxy groups -OCH3 is 1. The molecule has 1 saturated carbocycles. The highest BCUT2D eigenvalue weighted by molar-refractivity contribution is 9.10. The molecular weight excluding hydrogens is 599 g/mol. The van der Waals surface area contributed by atoms with Crippen molar-refractivity contribution < 1.29 is 23.5 Å². The van der Waals surface area contributed by atoms with E-state index in [0.29, 0.717) is 39.8 Å². The van der Waals surface area contributed by atoms with Crippen LogP contribution in [0.1, 0.15) is 57.3 Å². The fourth-order valence-electron chi connectivity index (χ4n) is 6.03. The van der Waals surface area contributed by atoms with Gasteiger partial charge in [0.15, 0.2) is 5.82 Å². The van der Waals surface area contributed by atoms with Crippen LogP contribution in [0.5, 0.6) is 0 Å². The molecule has 1 aromatic carbocycles. The molecule has 2 aromatic heterocycles. The largest absolute Gasteiger partial charge is 0.469 e. The van der Waals surface area contributed by atoms with Crippen LogP contribution in [-0.2, 0) is 27.1 Å². The third-order valence-corrected chi connectivity index (χ3v) is 9.32. The molecule has 2 aliphatic heterocycles. The van der Waals surface area contributed by atoms with Crippen LogP contribution in [-0.4, -0.2) is 58.1 Å². The van der Waals surface area contributed by atoms with Crippen molar-refractivity contribution >= 4 is 61.6 Å². The predicted molar refractivity (Wildman–Crippen MR) is 155 cm³/mol. The maximum atomic E-state index is 15.8. The molecule has 8 nitrogen and oxygen atoms in total. The number of benzene rings is 1. The van der Waals surface area contributed by atoms with Gasteiger partial charge in [-0.2, -0.15) is 5.26 Å². The molecule has 4 heterocycles. The fourth-order valence-corrected chi connectivity index (χ4v) is 7.09. The third-order valence-electron chi connectivity index (χ3n) is 7.76. The second kappa shape index (κ2) is 10.9. The molecule has 3 aliphatic rings. The molecule has 1 aliphatic carbocycles. The van der Waals surface area contributed by atoms with Crippen LogP contribution in [0.3, 0.4) is 0 Å². The van der Waals surface area contributed by atoms with Gasteiger partial charge in [-0.3, -0.25) is 4.79 Å². The summed E-state index contributed by atoms with van der Waals surface area (Å²) in [5, 5.41) is 11.4. The average molecular weight is 632 g/mol. The van der Waals surface area contributed by atoms with E-state index in [4.69, 9.17) is 14.5 Å². The number of amides is 1. The number of nitrogens with zero attached hydrogens (tertiary/aromatic N) is 4. The van der Waals surface area contributed by atoms with Gasteiger partial charge in [-0.15, -0.1) is 11.8 Å². The first-order valence-electron chi connectivity index (χ1n) is 13.3. The van der Waals surface area contributed by atoms with Gasteiger partial charge in [-0.1, -0.05) is 0 Å². The van der Waals surface area contributed by atoms with Gasteiger partial charge in [0.05, 0.1) is 41.7 Å². The molecule has 0 spiro atoms. The number of nitriles is 1. The van der Waals surface area contributed by atoms with Crippen LogP contribution in [0.4, 0.5) is 9.18 Å². The molecule has 0 radical (unpaired) electrons. The zero-order valence-electron chi connectivity index (χ0n) is 23.2. The van der Waals surface area contributed by atoms with Gasteiger partial charge >= 0.3 is 12.1 Å². The molecule has 6 rings (SSSR count). The van der Waals surface area contributed by atoms with E-state index in [9.17, 15) is 14.9 Å². The Kier molecular flexibility index (Phi) is 7.79. The lowest BCUT2D eigenvalue weighted by Gasteiger charge is -2.39. The van der Waals surface area contributed by atoms with E-state index >= 15 is 4.39 Å². The van der Waals surface area contributed by atoms with E-state index in [1.165, 1.54) is 18.9 Å². The highest BCUT2D eigenvalue weighted by Crippen LogP contribution is 2.53. The number of pyridine rings is 1. The summed E-state index contributed by atoms with van der Waals surface area (Å²) in [6, 6.07) is 5.98. The Morgan fingerprint density at radius 2 is 2.02 bits per heavy atom. The molecule has 2 bridgehead atoms. The van der Waals surface area contributed by atoms with Gasteiger partial charge in [0.2, 0.25) is 0 Å². The molecule has 3 aromatic rings. The van der Waals surface area contributed by atoms with Gasteiger partial charge in [0.25, 0.3) is 0 Å². The molecular formula is C29H32BrFN4O4S. The van der Waals surface area contributed by atoms with Gasteiger partial charge in [-0.25, -0.2) is 14.2 Å². The highest BCUT2D eigenvalue weighted by Gasteiger charge is 2.56. The van der Waals surface area contributed by atoms with Crippen molar-refractivity contribution in [2.75, 3.05) is 19.9 Å². The van der Waals surface area contributed by atoms with Gasteiger partial charge in [-0.05, 0) is 79.9 Å². The Balaban J connectivity index is 1.72. The van der Waals surface area contributed by atoms with Gasteiger partial charge < -0.3 is 18.9 Å². The van der Waals surface area contributed by atoms with Crippen molar-refractivity contribution in [2.45, 2.75) is 75.6 Å². The molecule has 2 saturated heterocycles. The summed E-state index contributed by atoms with van der Waals surface area (Å²) in [5.41, 5.74) is 2.09. The van der Waals surface area contributed by atoms with Crippen molar-refractivity contribution in [1.82, 2.24) is 14.5 Å². The van der Waals surface area contributed by atoms with Crippen LogP contribution in [0.15, 0.2) is 21.6 Å². The number of carbonyl (C=O) groups is 2. The standard InChI is InChI=1S/C29H32BrFN4O4S/c1-29(2,3)39-28(37)34-14-16-12-20(34)25(16)35-17(8-9-21(36)38-4)13-19-26(35)18-11-15(7-6-10-32)22(30)23(31)24(18)33-27(19)40-5/h11,13,16,20,25H,6-9,12,14H2,1-5H3/t16-,20-,25+/m1/s1. The number of aryl methyl sites for hydroxylation is 2. The van der Waals surface area contributed by atoms with E-state index in [2.05, 4.69) is 26.6 Å². The Bertz CT molecular complexity index is 1560. The quantitative estimate of drug-likeness (QED) is 0.215. The Morgan fingerprint density at radius 1 is 1.27 bits per heavy atom. The number of fused-ring (bicyclic) bond motifs is 4. The Labute approximate surface area is 245 Å². The van der Waals surface area contributed by atoms with Crippen LogP contribution >= 0.6 is 27.7 Å². The van der Waals surface area contributed by atoms with E-state index in [1.54, 1.807) is 0 Å². The van der Waals surface area contributed by atoms with Crippen LogP contribution in [0, 0.1) is 23.1 Å². The number of aromatic nitrogens is 2. The summed E-state index contributed by atoms with van der Waals surface area (Å²) in [4.78, 5) is 31.8. The van der Waals surface area contributed by atoms with Crippen LogP contribution in [0.25, 0.3) is 21.8 Å². The Morgan fingerprint density at radius 3 is 2.67 bits per heavy atom. The fraction of sp³-hybridized carbons (Fsp3) is 0.517. The SMILES string of the molecule is COC(=O)CCc1cc2c(SC)nc3c(F)c(Br)c(CCC#N)cc3c2n1[C@H]1[C@@H]2C[C@H]1N(C(=O)OC(C)(C)C)C2. The number of halogens is 2.